The number of benzene rings is 2. The Balaban J connectivity index is 1.71. The first kappa shape index (κ1) is 22.2. The van der Waals surface area contributed by atoms with Crippen LogP contribution >= 0.6 is 0 Å². The van der Waals surface area contributed by atoms with Crippen molar-refractivity contribution in [1.82, 2.24) is 4.31 Å². The lowest BCUT2D eigenvalue weighted by atomic mass is 9.97. The molecule has 30 heavy (non-hydrogen) atoms. The van der Waals surface area contributed by atoms with Crippen molar-refractivity contribution in [3.63, 3.8) is 0 Å². The third kappa shape index (κ3) is 5.99. The molecule has 1 amide bonds. The zero-order chi connectivity index (χ0) is 21.7. The maximum Gasteiger partial charge on any atom is 0.387 e. The monoisotopic (exact) mass is 438 g/mol. The highest BCUT2D eigenvalue weighted by Gasteiger charge is 2.29. The summed E-state index contributed by atoms with van der Waals surface area (Å²) in [7, 11) is -3.26. The Labute approximate surface area is 174 Å². The van der Waals surface area contributed by atoms with Crippen LogP contribution in [0.1, 0.15) is 24.0 Å². The minimum absolute atomic E-state index is 0.0633. The molecule has 162 valence electrons. The molecule has 2 aromatic rings. The molecule has 3 rings (SSSR count). The number of anilines is 1. The van der Waals surface area contributed by atoms with Crippen LogP contribution in [0, 0.1) is 5.92 Å². The fraction of sp³-hybridized carbons (Fsp3) is 0.381. The quantitative estimate of drug-likeness (QED) is 0.718. The lowest BCUT2D eigenvalue weighted by Gasteiger charge is -2.29. The average Bonchev–Trinajstić information content (AvgIpc) is 2.70. The molecule has 0 aromatic heterocycles. The van der Waals surface area contributed by atoms with Crippen molar-refractivity contribution in [3.8, 4) is 5.75 Å². The fourth-order valence-electron chi connectivity index (χ4n) is 3.52. The first-order valence-corrected chi connectivity index (χ1v) is 11.4. The summed E-state index contributed by atoms with van der Waals surface area (Å²) in [6, 6.07) is 13.9. The van der Waals surface area contributed by atoms with Crippen LogP contribution in [-0.2, 0) is 21.2 Å². The molecule has 2 aromatic carbocycles. The average molecular weight is 438 g/mol. The molecular weight excluding hydrogens is 414 g/mol. The van der Waals surface area contributed by atoms with E-state index < -0.39 is 16.6 Å². The van der Waals surface area contributed by atoms with Crippen LogP contribution in [0.25, 0.3) is 0 Å². The molecule has 0 saturated carbocycles. The Hall–Kier alpha value is -2.52. The van der Waals surface area contributed by atoms with Gasteiger partial charge in [0.15, 0.2) is 0 Å². The topological polar surface area (TPSA) is 75.7 Å². The summed E-state index contributed by atoms with van der Waals surface area (Å²) in [4.78, 5) is 12.6. The predicted octanol–water partition coefficient (Wildman–Crippen LogP) is 3.49. The van der Waals surface area contributed by atoms with Gasteiger partial charge in [-0.25, -0.2) is 12.7 Å². The number of nitrogens with one attached hydrogen (secondary N) is 1. The summed E-state index contributed by atoms with van der Waals surface area (Å²) >= 11 is 0. The Morgan fingerprint density at radius 3 is 2.43 bits per heavy atom. The number of piperidine rings is 1. The lowest BCUT2D eigenvalue weighted by Crippen LogP contribution is -2.40. The molecule has 0 bridgehead atoms. The van der Waals surface area contributed by atoms with Crippen molar-refractivity contribution < 1.29 is 26.7 Å². The van der Waals surface area contributed by atoms with Crippen molar-refractivity contribution in [2.24, 2.45) is 5.92 Å². The number of halogens is 2. The van der Waals surface area contributed by atoms with Gasteiger partial charge in [0.2, 0.25) is 15.9 Å². The lowest BCUT2D eigenvalue weighted by molar-refractivity contribution is -0.120. The van der Waals surface area contributed by atoms with Gasteiger partial charge >= 0.3 is 6.61 Å². The van der Waals surface area contributed by atoms with Crippen LogP contribution in [0.4, 0.5) is 14.5 Å². The summed E-state index contributed by atoms with van der Waals surface area (Å²) in [5.74, 6) is -0.456. The first-order chi connectivity index (χ1) is 14.2. The molecule has 0 unspecified atom stereocenters. The summed E-state index contributed by atoms with van der Waals surface area (Å²) in [5.41, 5.74) is 1.94. The van der Waals surface area contributed by atoms with Gasteiger partial charge in [-0.2, -0.15) is 8.78 Å². The number of sulfonamides is 1. The van der Waals surface area contributed by atoms with Crippen LogP contribution in [0.3, 0.4) is 0 Å². The van der Waals surface area contributed by atoms with E-state index >= 15 is 0 Å². The van der Waals surface area contributed by atoms with E-state index in [-0.39, 0.29) is 17.6 Å². The number of alkyl halides is 2. The van der Waals surface area contributed by atoms with E-state index in [4.69, 9.17) is 0 Å². The summed E-state index contributed by atoms with van der Waals surface area (Å²) < 4.78 is 54.8. The van der Waals surface area contributed by atoms with Gasteiger partial charge in [-0.15, -0.1) is 0 Å². The first-order valence-electron chi connectivity index (χ1n) is 9.60. The zero-order valence-corrected chi connectivity index (χ0v) is 17.4. The molecule has 0 aliphatic carbocycles. The number of amides is 1. The Kier molecular flexibility index (Phi) is 7.04. The van der Waals surface area contributed by atoms with Gasteiger partial charge in [-0.05, 0) is 36.6 Å². The molecule has 1 fully saturated rings. The van der Waals surface area contributed by atoms with E-state index in [0.717, 1.165) is 11.8 Å². The number of ether oxygens (including phenoxy) is 1. The molecule has 0 atom stereocenters. The molecule has 1 N–H and O–H groups in total. The van der Waals surface area contributed by atoms with Gasteiger partial charge < -0.3 is 10.1 Å². The normalized spacial score (nSPS) is 15.9. The van der Waals surface area contributed by atoms with E-state index in [0.29, 0.717) is 43.6 Å². The fourth-order valence-corrected chi connectivity index (χ4v) is 4.39. The molecule has 1 aliphatic rings. The number of rotatable bonds is 7. The van der Waals surface area contributed by atoms with Crippen molar-refractivity contribution in [2.75, 3.05) is 24.7 Å². The molecule has 9 heteroatoms. The summed E-state index contributed by atoms with van der Waals surface area (Å²) in [6.45, 7) is -2.34. The smallest absolute Gasteiger partial charge is 0.387 e. The third-order valence-corrected chi connectivity index (χ3v) is 6.38. The predicted molar refractivity (Wildman–Crippen MR) is 110 cm³/mol. The van der Waals surface area contributed by atoms with Gasteiger partial charge in [0.05, 0.1) is 6.26 Å². The molecule has 0 spiro atoms. The van der Waals surface area contributed by atoms with Gasteiger partial charge in [0.25, 0.3) is 0 Å². The van der Waals surface area contributed by atoms with Crippen molar-refractivity contribution in [1.29, 1.82) is 0 Å². The zero-order valence-electron chi connectivity index (χ0n) is 16.6. The van der Waals surface area contributed by atoms with Crippen LogP contribution in [-0.4, -0.2) is 44.6 Å². The second kappa shape index (κ2) is 9.53. The second-order valence-electron chi connectivity index (χ2n) is 7.29. The summed E-state index contributed by atoms with van der Waals surface area (Å²) in [5, 5.41) is 2.82. The molecule has 1 aliphatic heterocycles. The highest BCUT2D eigenvalue weighted by molar-refractivity contribution is 7.88. The van der Waals surface area contributed by atoms with E-state index in [2.05, 4.69) is 10.1 Å². The van der Waals surface area contributed by atoms with Crippen molar-refractivity contribution >= 4 is 21.6 Å². The molecule has 0 radical (unpaired) electrons. The minimum Gasteiger partial charge on any atom is -0.435 e. The van der Waals surface area contributed by atoms with Crippen LogP contribution < -0.4 is 10.1 Å². The van der Waals surface area contributed by atoms with Crippen LogP contribution in [0.2, 0.25) is 0 Å². The van der Waals surface area contributed by atoms with Gasteiger partial charge in [0.1, 0.15) is 5.75 Å². The Bertz CT molecular complexity index is 976. The number of carbonyl (C=O) groups is 1. The van der Waals surface area contributed by atoms with E-state index in [9.17, 15) is 22.0 Å². The SMILES string of the molecule is CS(=O)(=O)N1CCC(C(=O)Nc2ccc(OC(F)F)c(Cc3ccccc3)c2)CC1. The van der Waals surface area contributed by atoms with Gasteiger partial charge in [0, 0.05) is 36.7 Å². The molecular formula is C21H24F2N2O4S. The van der Waals surface area contributed by atoms with Crippen LogP contribution in [0.15, 0.2) is 48.5 Å². The maximum absolute atomic E-state index is 12.8. The Morgan fingerprint density at radius 1 is 1.17 bits per heavy atom. The van der Waals surface area contributed by atoms with Gasteiger partial charge in [-0.3, -0.25) is 4.79 Å². The highest BCUT2D eigenvalue weighted by atomic mass is 32.2. The van der Waals surface area contributed by atoms with Crippen molar-refractivity contribution in [2.45, 2.75) is 25.9 Å². The van der Waals surface area contributed by atoms with E-state index in [1.807, 2.05) is 30.3 Å². The minimum atomic E-state index is -3.26. The molecule has 1 saturated heterocycles. The number of hydrogen-bond donors (Lipinski definition) is 1. The van der Waals surface area contributed by atoms with E-state index in [1.165, 1.54) is 16.4 Å². The molecule has 1 heterocycles. The highest BCUT2D eigenvalue weighted by Crippen LogP contribution is 2.28. The largest absolute Gasteiger partial charge is 0.435 e. The third-order valence-electron chi connectivity index (χ3n) is 5.08. The second-order valence-corrected chi connectivity index (χ2v) is 9.27. The standard InChI is InChI=1S/C21H24F2N2O4S/c1-30(27,28)25-11-9-16(10-12-25)20(26)24-18-7-8-19(29-21(22)23)17(14-18)13-15-5-3-2-4-6-15/h2-8,14,16,21H,9-13H2,1H3,(H,24,26). The van der Waals surface area contributed by atoms with Gasteiger partial charge in [-0.1, -0.05) is 30.3 Å². The number of nitrogens with zero attached hydrogens (tertiary/aromatic N) is 1. The maximum atomic E-state index is 12.8. The van der Waals surface area contributed by atoms with Crippen molar-refractivity contribution in [3.05, 3.63) is 59.7 Å². The van der Waals surface area contributed by atoms with Crippen LogP contribution in [0.5, 0.6) is 5.75 Å². The Morgan fingerprint density at radius 2 is 1.83 bits per heavy atom. The summed E-state index contributed by atoms with van der Waals surface area (Å²) in [6.07, 6.45) is 2.40. The number of hydrogen-bond acceptors (Lipinski definition) is 4. The van der Waals surface area contributed by atoms with E-state index in [1.54, 1.807) is 6.07 Å². The molecule has 6 nitrogen and oxygen atoms in total. The number of carbonyl (C=O) groups excluding carboxylic acids is 1.